The summed E-state index contributed by atoms with van der Waals surface area (Å²) in [6.07, 6.45) is 1.63. The predicted molar refractivity (Wildman–Crippen MR) is 94.2 cm³/mol. The van der Waals surface area contributed by atoms with E-state index in [1.54, 1.807) is 12.3 Å². The molecule has 2 aromatic rings. The van der Waals surface area contributed by atoms with Crippen LogP contribution >= 0.6 is 11.6 Å². The lowest BCUT2D eigenvalue weighted by Gasteiger charge is -2.28. The fourth-order valence-electron chi connectivity index (χ4n) is 2.66. The minimum Gasteiger partial charge on any atom is -0.378 e. The minimum absolute atomic E-state index is 0.0904. The summed E-state index contributed by atoms with van der Waals surface area (Å²) in [6, 6.07) is 8.18. The molecule has 3 rings (SSSR count). The number of nitrogens with one attached hydrogen (secondary N) is 1. The van der Waals surface area contributed by atoms with Crippen molar-refractivity contribution in [1.82, 2.24) is 10.3 Å². The maximum absolute atomic E-state index is 13.7. The fraction of sp³-hybridized carbons (Fsp3) is 0.333. The molecule has 1 aliphatic heterocycles. The van der Waals surface area contributed by atoms with Crippen molar-refractivity contribution in [3.05, 3.63) is 58.5 Å². The predicted octanol–water partition coefficient (Wildman–Crippen LogP) is 2.57. The number of hydrogen-bond donors (Lipinski definition) is 1. The second kappa shape index (κ2) is 8.27. The zero-order chi connectivity index (χ0) is 17.6. The van der Waals surface area contributed by atoms with Crippen LogP contribution in [-0.2, 0) is 22.5 Å². The smallest absolute Gasteiger partial charge is 0.224 e. The molecular weight excluding hydrogens is 345 g/mol. The fourth-order valence-corrected chi connectivity index (χ4v) is 2.89. The Morgan fingerprint density at radius 1 is 1.32 bits per heavy atom. The molecule has 1 N–H and O–H groups in total. The summed E-state index contributed by atoms with van der Waals surface area (Å²) >= 11 is 5.95. The third-order valence-electron chi connectivity index (χ3n) is 4.03. The number of nitrogens with zero attached hydrogens (tertiary/aromatic N) is 2. The molecule has 0 radical (unpaired) electrons. The lowest BCUT2D eigenvalue weighted by molar-refractivity contribution is -0.120. The number of benzene rings is 1. The van der Waals surface area contributed by atoms with Crippen molar-refractivity contribution in [2.45, 2.75) is 13.0 Å². The lowest BCUT2D eigenvalue weighted by Crippen LogP contribution is -2.36. The average Bonchev–Trinajstić information content (AvgIpc) is 2.64. The number of ether oxygens (including phenoxy) is 1. The summed E-state index contributed by atoms with van der Waals surface area (Å²) in [5.41, 5.74) is 1.15. The number of rotatable bonds is 5. The molecule has 1 fully saturated rings. The van der Waals surface area contributed by atoms with Gasteiger partial charge in [0, 0.05) is 36.4 Å². The summed E-state index contributed by atoms with van der Waals surface area (Å²) in [6.45, 7) is 3.33. The van der Waals surface area contributed by atoms with Crippen molar-refractivity contribution >= 4 is 23.3 Å². The summed E-state index contributed by atoms with van der Waals surface area (Å²) < 4.78 is 19.1. The molecule has 1 aliphatic rings. The normalized spacial score (nSPS) is 14.4. The molecule has 1 amide bonds. The van der Waals surface area contributed by atoms with Gasteiger partial charge in [0.15, 0.2) is 0 Å². The number of morpholine rings is 1. The van der Waals surface area contributed by atoms with E-state index in [2.05, 4.69) is 15.2 Å². The van der Waals surface area contributed by atoms with E-state index in [1.807, 2.05) is 12.1 Å². The van der Waals surface area contributed by atoms with E-state index in [4.69, 9.17) is 16.3 Å². The molecule has 25 heavy (non-hydrogen) atoms. The van der Waals surface area contributed by atoms with Crippen LogP contribution in [0.3, 0.4) is 0 Å². The van der Waals surface area contributed by atoms with Crippen LogP contribution in [0.5, 0.6) is 0 Å². The van der Waals surface area contributed by atoms with Crippen molar-refractivity contribution in [1.29, 1.82) is 0 Å². The van der Waals surface area contributed by atoms with Crippen LogP contribution in [0.25, 0.3) is 0 Å². The summed E-state index contributed by atoms with van der Waals surface area (Å²) in [4.78, 5) is 18.6. The maximum Gasteiger partial charge on any atom is 0.224 e. The molecule has 2 heterocycles. The number of carbonyl (C=O) groups excluding carboxylic acids is 1. The van der Waals surface area contributed by atoms with Crippen LogP contribution in [0.4, 0.5) is 10.2 Å². The monoisotopic (exact) mass is 363 g/mol. The second-order valence-electron chi connectivity index (χ2n) is 5.78. The van der Waals surface area contributed by atoms with Crippen LogP contribution < -0.4 is 10.2 Å². The van der Waals surface area contributed by atoms with Crippen molar-refractivity contribution < 1.29 is 13.9 Å². The number of hydrogen-bond acceptors (Lipinski definition) is 4. The topological polar surface area (TPSA) is 54.5 Å². The van der Waals surface area contributed by atoms with Crippen LogP contribution in [0.1, 0.15) is 11.1 Å². The van der Waals surface area contributed by atoms with Crippen molar-refractivity contribution in [2.75, 3.05) is 31.2 Å². The highest BCUT2D eigenvalue weighted by Crippen LogP contribution is 2.19. The molecule has 0 saturated carbocycles. The van der Waals surface area contributed by atoms with Crippen LogP contribution in [0, 0.1) is 5.82 Å². The molecule has 1 saturated heterocycles. The first-order valence-corrected chi connectivity index (χ1v) is 8.48. The van der Waals surface area contributed by atoms with Crippen LogP contribution in [0.15, 0.2) is 36.5 Å². The van der Waals surface area contributed by atoms with Crippen LogP contribution in [-0.4, -0.2) is 37.2 Å². The molecule has 1 aromatic carbocycles. The van der Waals surface area contributed by atoms with Gasteiger partial charge in [-0.05, 0) is 29.8 Å². The number of amides is 1. The Labute approximate surface area is 150 Å². The molecule has 0 aliphatic carbocycles. The average molecular weight is 364 g/mol. The summed E-state index contributed by atoms with van der Waals surface area (Å²) in [7, 11) is 0. The largest absolute Gasteiger partial charge is 0.378 e. The molecule has 0 unspecified atom stereocenters. The first-order chi connectivity index (χ1) is 12.1. The van der Waals surface area contributed by atoms with Crippen molar-refractivity contribution in [2.24, 2.45) is 0 Å². The highest BCUT2D eigenvalue weighted by molar-refractivity contribution is 6.31. The standard InChI is InChI=1S/C18H19ClFN3O2/c19-15-2-1-3-16(20)14(15)11-18(24)22-12-13-4-5-21-17(10-13)23-6-8-25-9-7-23/h1-5,10H,6-9,11-12H2,(H,22,24). The molecule has 0 atom stereocenters. The van der Waals surface area contributed by atoms with E-state index in [9.17, 15) is 9.18 Å². The molecule has 132 valence electrons. The van der Waals surface area contributed by atoms with Gasteiger partial charge in [-0.3, -0.25) is 4.79 Å². The molecule has 0 spiro atoms. The minimum atomic E-state index is -0.471. The first-order valence-electron chi connectivity index (χ1n) is 8.10. The van der Waals surface area contributed by atoms with E-state index in [-0.39, 0.29) is 22.9 Å². The number of pyridine rings is 1. The van der Waals surface area contributed by atoms with E-state index in [1.165, 1.54) is 12.1 Å². The van der Waals surface area contributed by atoms with Gasteiger partial charge in [0.1, 0.15) is 11.6 Å². The number of carbonyl (C=O) groups is 1. The van der Waals surface area contributed by atoms with E-state index in [0.717, 1.165) is 24.5 Å². The highest BCUT2D eigenvalue weighted by Gasteiger charge is 2.14. The van der Waals surface area contributed by atoms with Gasteiger partial charge < -0.3 is 15.0 Å². The Morgan fingerprint density at radius 3 is 2.88 bits per heavy atom. The summed E-state index contributed by atoms with van der Waals surface area (Å²) in [5.74, 6) is 0.116. The molecule has 1 aromatic heterocycles. The van der Waals surface area contributed by atoms with Gasteiger partial charge in [0.25, 0.3) is 0 Å². The van der Waals surface area contributed by atoms with Gasteiger partial charge in [0.05, 0.1) is 19.6 Å². The third-order valence-corrected chi connectivity index (χ3v) is 4.39. The van der Waals surface area contributed by atoms with Crippen LogP contribution in [0.2, 0.25) is 5.02 Å². The van der Waals surface area contributed by atoms with Gasteiger partial charge >= 0.3 is 0 Å². The van der Waals surface area contributed by atoms with Gasteiger partial charge in [0.2, 0.25) is 5.91 Å². The first kappa shape index (κ1) is 17.6. The second-order valence-corrected chi connectivity index (χ2v) is 6.18. The van der Waals surface area contributed by atoms with Gasteiger partial charge in [-0.15, -0.1) is 0 Å². The van der Waals surface area contributed by atoms with E-state index in [0.29, 0.717) is 19.8 Å². The zero-order valence-electron chi connectivity index (χ0n) is 13.7. The Balaban J connectivity index is 1.58. The third kappa shape index (κ3) is 4.67. The Bertz CT molecular complexity index is 731. The van der Waals surface area contributed by atoms with Gasteiger partial charge in [-0.1, -0.05) is 17.7 Å². The molecular formula is C18H19ClFN3O2. The SMILES string of the molecule is O=C(Cc1c(F)cccc1Cl)NCc1ccnc(N2CCOCC2)c1. The zero-order valence-corrected chi connectivity index (χ0v) is 14.4. The van der Waals surface area contributed by atoms with Gasteiger partial charge in [-0.25, -0.2) is 9.37 Å². The molecule has 5 nitrogen and oxygen atoms in total. The Hall–Kier alpha value is -2.18. The van der Waals surface area contributed by atoms with Crippen molar-refractivity contribution in [3.8, 4) is 0 Å². The number of halogens is 2. The highest BCUT2D eigenvalue weighted by atomic mass is 35.5. The molecule has 0 bridgehead atoms. The van der Waals surface area contributed by atoms with E-state index >= 15 is 0 Å². The number of aromatic nitrogens is 1. The lowest BCUT2D eigenvalue weighted by atomic mass is 10.1. The Morgan fingerprint density at radius 2 is 2.12 bits per heavy atom. The molecule has 7 heteroatoms. The van der Waals surface area contributed by atoms with Crippen molar-refractivity contribution in [3.63, 3.8) is 0 Å². The summed E-state index contributed by atoms with van der Waals surface area (Å²) in [5, 5.41) is 3.05. The van der Waals surface area contributed by atoms with E-state index < -0.39 is 5.82 Å². The number of anilines is 1. The maximum atomic E-state index is 13.7. The Kier molecular flexibility index (Phi) is 5.83. The quantitative estimate of drug-likeness (QED) is 0.887. The van der Waals surface area contributed by atoms with Gasteiger partial charge in [-0.2, -0.15) is 0 Å².